The molecular formula is C22H22N4O2. The number of aryl methyl sites for hydroxylation is 1. The quantitative estimate of drug-likeness (QED) is 0.502. The lowest BCUT2D eigenvalue weighted by Gasteiger charge is -2.19. The van der Waals surface area contributed by atoms with Crippen molar-refractivity contribution in [2.45, 2.75) is 26.8 Å². The minimum Gasteiger partial charge on any atom is -0.341 e. The highest BCUT2D eigenvalue weighted by atomic mass is 16.2. The van der Waals surface area contributed by atoms with Crippen LogP contribution in [0, 0.1) is 13.8 Å². The SMILES string of the molecule is Cc1cc(C(=O)Nc2ccc3[nH]c(=O)[nH]c3c2)c(C)n1C(C)c1ccccc1. The van der Waals surface area contributed by atoms with Crippen LogP contribution in [0.25, 0.3) is 11.0 Å². The molecule has 0 saturated heterocycles. The summed E-state index contributed by atoms with van der Waals surface area (Å²) in [6.45, 7) is 6.11. The molecular weight excluding hydrogens is 352 g/mol. The Bertz CT molecular complexity index is 1210. The number of hydrogen-bond donors (Lipinski definition) is 3. The molecule has 0 bridgehead atoms. The normalized spacial score (nSPS) is 12.2. The number of imidazole rings is 1. The summed E-state index contributed by atoms with van der Waals surface area (Å²) in [6.07, 6.45) is 0. The van der Waals surface area contributed by atoms with Crippen LogP contribution in [0.3, 0.4) is 0 Å². The zero-order chi connectivity index (χ0) is 19.8. The largest absolute Gasteiger partial charge is 0.341 e. The molecule has 0 fully saturated rings. The van der Waals surface area contributed by atoms with Crippen LogP contribution in [0.1, 0.15) is 40.3 Å². The first-order chi connectivity index (χ1) is 13.4. The maximum Gasteiger partial charge on any atom is 0.323 e. The Balaban J connectivity index is 1.63. The van der Waals surface area contributed by atoms with Crippen LogP contribution in [0.4, 0.5) is 5.69 Å². The third-order valence-electron chi connectivity index (χ3n) is 5.17. The molecule has 3 N–H and O–H groups in total. The number of H-pyrrole nitrogens is 2. The van der Waals surface area contributed by atoms with Crippen LogP contribution in [-0.4, -0.2) is 20.4 Å². The third kappa shape index (κ3) is 3.13. The zero-order valence-corrected chi connectivity index (χ0v) is 16.0. The molecule has 0 aliphatic heterocycles. The van der Waals surface area contributed by atoms with Crippen molar-refractivity contribution in [2.75, 3.05) is 5.32 Å². The van der Waals surface area contributed by atoms with Gasteiger partial charge < -0.3 is 19.9 Å². The summed E-state index contributed by atoms with van der Waals surface area (Å²) in [7, 11) is 0. The van der Waals surface area contributed by atoms with Gasteiger partial charge in [-0.2, -0.15) is 0 Å². The Morgan fingerprint density at radius 1 is 1.00 bits per heavy atom. The first-order valence-corrected chi connectivity index (χ1v) is 9.21. The minimum absolute atomic E-state index is 0.129. The monoisotopic (exact) mass is 374 g/mol. The van der Waals surface area contributed by atoms with Crippen LogP contribution in [0.5, 0.6) is 0 Å². The van der Waals surface area contributed by atoms with E-state index in [1.807, 2.05) is 38.1 Å². The van der Waals surface area contributed by atoms with Crippen molar-refractivity contribution in [1.29, 1.82) is 0 Å². The Morgan fingerprint density at radius 2 is 1.71 bits per heavy atom. The number of carbonyl (C=O) groups excluding carboxylic acids is 1. The predicted molar refractivity (Wildman–Crippen MR) is 111 cm³/mol. The molecule has 0 saturated carbocycles. The molecule has 142 valence electrons. The van der Waals surface area contributed by atoms with Gasteiger partial charge in [-0.15, -0.1) is 0 Å². The van der Waals surface area contributed by atoms with Gasteiger partial charge in [0.15, 0.2) is 0 Å². The lowest BCUT2D eigenvalue weighted by Crippen LogP contribution is -2.15. The molecule has 0 radical (unpaired) electrons. The average Bonchev–Trinajstić information content (AvgIpc) is 3.19. The summed E-state index contributed by atoms with van der Waals surface area (Å²) in [5, 5.41) is 2.93. The summed E-state index contributed by atoms with van der Waals surface area (Å²) < 4.78 is 2.18. The van der Waals surface area contributed by atoms with E-state index in [0.717, 1.165) is 11.4 Å². The fraction of sp³-hybridized carbons (Fsp3) is 0.182. The third-order valence-corrected chi connectivity index (χ3v) is 5.17. The van der Waals surface area contributed by atoms with Gasteiger partial charge in [0.2, 0.25) is 0 Å². The van der Waals surface area contributed by atoms with Gasteiger partial charge in [0.25, 0.3) is 5.91 Å². The second-order valence-electron chi connectivity index (χ2n) is 7.04. The van der Waals surface area contributed by atoms with Crippen molar-refractivity contribution >= 4 is 22.6 Å². The average molecular weight is 374 g/mol. The smallest absolute Gasteiger partial charge is 0.323 e. The Labute approximate surface area is 162 Å². The van der Waals surface area contributed by atoms with Crippen LogP contribution in [0.2, 0.25) is 0 Å². The number of carbonyl (C=O) groups is 1. The molecule has 0 spiro atoms. The highest BCUT2D eigenvalue weighted by Crippen LogP contribution is 2.26. The second-order valence-corrected chi connectivity index (χ2v) is 7.04. The highest BCUT2D eigenvalue weighted by Gasteiger charge is 2.20. The Hall–Kier alpha value is -3.54. The molecule has 2 aromatic carbocycles. The molecule has 4 rings (SSSR count). The van der Waals surface area contributed by atoms with Crippen LogP contribution < -0.4 is 11.0 Å². The zero-order valence-electron chi connectivity index (χ0n) is 16.0. The van der Waals surface area contributed by atoms with Gasteiger partial charge in [-0.25, -0.2) is 4.79 Å². The molecule has 1 unspecified atom stereocenters. The van der Waals surface area contributed by atoms with Crippen molar-refractivity contribution in [3.63, 3.8) is 0 Å². The van der Waals surface area contributed by atoms with E-state index in [2.05, 4.69) is 38.9 Å². The predicted octanol–water partition coefficient (Wildman–Crippen LogP) is 4.14. The molecule has 4 aromatic rings. The number of nitrogens with one attached hydrogen (secondary N) is 3. The molecule has 6 heteroatoms. The lowest BCUT2D eigenvalue weighted by molar-refractivity contribution is 0.102. The van der Waals surface area contributed by atoms with E-state index in [0.29, 0.717) is 22.3 Å². The van der Waals surface area contributed by atoms with Crippen molar-refractivity contribution in [3.05, 3.63) is 87.6 Å². The van der Waals surface area contributed by atoms with Gasteiger partial charge >= 0.3 is 5.69 Å². The number of hydrogen-bond acceptors (Lipinski definition) is 2. The van der Waals surface area contributed by atoms with E-state index in [1.54, 1.807) is 18.2 Å². The van der Waals surface area contributed by atoms with Gasteiger partial charge in [0.1, 0.15) is 0 Å². The van der Waals surface area contributed by atoms with Crippen molar-refractivity contribution < 1.29 is 4.79 Å². The molecule has 1 amide bonds. The number of benzene rings is 2. The van der Waals surface area contributed by atoms with E-state index in [1.165, 1.54) is 5.56 Å². The first kappa shape index (κ1) is 17.9. The second kappa shape index (κ2) is 6.88. The number of fused-ring (bicyclic) bond motifs is 1. The first-order valence-electron chi connectivity index (χ1n) is 9.21. The standard InChI is InChI=1S/C22H22N4O2/c1-13-11-18(15(3)26(13)14(2)16-7-5-4-6-8-16)21(27)23-17-9-10-19-20(12-17)25-22(28)24-19/h4-12,14H,1-3H3,(H,23,27)(H2,24,25,28). The number of aromatic amines is 2. The summed E-state index contributed by atoms with van der Waals surface area (Å²) in [5.74, 6) is -0.170. The van der Waals surface area contributed by atoms with Gasteiger partial charge in [0.05, 0.1) is 22.6 Å². The Morgan fingerprint density at radius 3 is 2.46 bits per heavy atom. The van der Waals surface area contributed by atoms with E-state index in [-0.39, 0.29) is 17.6 Å². The molecule has 2 heterocycles. The number of rotatable bonds is 4. The maximum atomic E-state index is 12.9. The van der Waals surface area contributed by atoms with E-state index >= 15 is 0 Å². The fourth-order valence-electron chi connectivity index (χ4n) is 3.79. The lowest BCUT2D eigenvalue weighted by atomic mass is 10.1. The molecule has 2 aromatic heterocycles. The highest BCUT2D eigenvalue weighted by molar-refractivity contribution is 6.06. The van der Waals surface area contributed by atoms with Gasteiger partial charge in [-0.3, -0.25) is 4.79 Å². The van der Waals surface area contributed by atoms with Crippen molar-refractivity contribution in [2.24, 2.45) is 0 Å². The van der Waals surface area contributed by atoms with Gasteiger partial charge in [0, 0.05) is 17.1 Å². The molecule has 0 aliphatic rings. The van der Waals surface area contributed by atoms with E-state index in [9.17, 15) is 9.59 Å². The van der Waals surface area contributed by atoms with E-state index < -0.39 is 0 Å². The summed E-state index contributed by atoms with van der Waals surface area (Å²) in [6, 6.07) is 17.6. The molecule has 0 aliphatic carbocycles. The van der Waals surface area contributed by atoms with Gasteiger partial charge in [-0.05, 0) is 50.6 Å². The number of amides is 1. The van der Waals surface area contributed by atoms with Crippen LogP contribution in [-0.2, 0) is 0 Å². The fourth-order valence-corrected chi connectivity index (χ4v) is 3.79. The summed E-state index contributed by atoms with van der Waals surface area (Å²) in [4.78, 5) is 29.7. The Kier molecular flexibility index (Phi) is 4.39. The minimum atomic E-state index is -0.267. The summed E-state index contributed by atoms with van der Waals surface area (Å²) >= 11 is 0. The van der Waals surface area contributed by atoms with Crippen molar-refractivity contribution in [1.82, 2.24) is 14.5 Å². The number of aromatic nitrogens is 3. The molecule has 28 heavy (non-hydrogen) atoms. The summed E-state index contributed by atoms with van der Waals surface area (Å²) in [5.41, 5.74) is 5.52. The number of nitrogens with zero attached hydrogens (tertiary/aromatic N) is 1. The van der Waals surface area contributed by atoms with Crippen LogP contribution in [0.15, 0.2) is 59.4 Å². The molecule has 1 atom stereocenters. The van der Waals surface area contributed by atoms with E-state index in [4.69, 9.17) is 0 Å². The van der Waals surface area contributed by atoms with Crippen molar-refractivity contribution in [3.8, 4) is 0 Å². The maximum absolute atomic E-state index is 12.9. The molecule has 6 nitrogen and oxygen atoms in total. The topological polar surface area (TPSA) is 82.7 Å². The van der Waals surface area contributed by atoms with Crippen LogP contribution >= 0.6 is 0 Å². The van der Waals surface area contributed by atoms with Gasteiger partial charge in [-0.1, -0.05) is 30.3 Å². The number of anilines is 1.